The fourth-order valence-corrected chi connectivity index (χ4v) is 2.08. The van der Waals surface area contributed by atoms with E-state index < -0.39 is 4.92 Å². The summed E-state index contributed by atoms with van der Waals surface area (Å²) in [6.45, 7) is 2.17. The highest BCUT2D eigenvalue weighted by atomic mass is 16.6. The molecule has 0 aliphatic heterocycles. The standard InChI is InChI=1S/C13H17N3O3/c1-9-2-3-11(10(6-9)16(17)18)19-8-13(4-5-13)7-12(14)15/h2-3,6H,4-5,7-8H2,1H3,(H3,14,15). The molecular weight excluding hydrogens is 246 g/mol. The summed E-state index contributed by atoms with van der Waals surface area (Å²) in [4.78, 5) is 10.5. The van der Waals surface area contributed by atoms with E-state index in [9.17, 15) is 10.1 Å². The first kappa shape index (κ1) is 13.3. The maximum Gasteiger partial charge on any atom is 0.311 e. The van der Waals surface area contributed by atoms with Crippen LogP contribution in [-0.4, -0.2) is 17.4 Å². The van der Waals surface area contributed by atoms with E-state index in [-0.39, 0.29) is 22.7 Å². The topological polar surface area (TPSA) is 102 Å². The molecule has 1 aliphatic carbocycles. The predicted molar refractivity (Wildman–Crippen MR) is 71.5 cm³/mol. The average Bonchev–Trinajstić information content (AvgIpc) is 3.06. The number of ether oxygens (including phenoxy) is 1. The molecule has 0 bridgehead atoms. The fraction of sp³-hybridized carbons (Fsp3) is 0.462. The van der Waals surface area contributed by atoms with Crippen LogP contribution in [0.15, 0.2) is 18.2 Å². The van der Waals surface area contributed by atoms with Crippen molar-refractivity contribution in [1.82, 2.24) is 0 Å². The summed E-state index contributed by atoms with van der Waals surface area (Å²) < 4.78 is 5.59. The van der Waals surface area contributed by atoms with E-state index in [4.69, 9.17) is 15.9 Å². The Labute approximate surface area is 111 Å². The number of nitrogens with one attached hydrogen (secondary N) is 1. The zero-order valence-corrected chi connectivity index (χ0v) is 10.8. The summed E-state index contributed by atoms with van der Waals surface area (Å²) in [5.74, 6) is 0.421. The highest BCUT2D eigenvalue weighted by Gasteiger charge is 2.44. The van der Waals surface area contributed by atoms with E-state index in [0.29, 0.717) is 13.0 Å². The summed E-state index contributed by atoms with van der Waals surface area (Å²) >= 11 is 0. The van der Waals surface area contributed by atoms with Crippen LogP contribution in [0, 0.1) is 27.9 Å². The lowest BCUT2D eigenvalue weighted by Crippen LogP contribution is -2.22. The fourth-order valence-electron chi connectivity index (χ4n) is 2.08. The first-order chi connectivity index (χ1) is 8.92. The van der Waals surface area contributed by atoms with Crippen molar-refractivity contribution in [3.05, 3.63) is 33.9 Å². The van der Waals surface area contributed by atoms with Crippen molar-refractivity contribution in [2.24, 2.45) is 11.1 Å². The third kappa shape index (κ3) is 3.21. The molecular formula is C13H17N3O3. The maximum atomic E-state index is 11.0. The number of benzene rings is 1. The van der Waals surface area contributed by atoms with Gasteiger partial charge in [0.15, 0.2) is 5.75 Å². The monoisotopic (exact) mass is 263 g/mol. The molecule has 1 aromatic rings. The van der Waals surface area contributed by atoms with Gasteiger partial charge in [-0.3, -0.25) is 15.5 Å². The van der Waals surface area contributed by atoms with Gasteiger partial charge < -0.3 is 10.5 Å². The first-order valence-corrected chi connectivity index (χ1v) is 6.13. The lowest BCUT2D eigenvalue weighted by Gasteiger charge is -2.15. The van der Waals surface area contributed by atoms with Crippen LogP contribution in [0.3, 0.4) is 0 Å². The van der Waals surface area contributed by atoms with Gasteiger partial charge in [0.1, 0.15) is 0 Å². The number of hydrogen-bond acceptors (Lipinski definition) is 4. The number of nitrogens with two attached hydrogens (primary N) is 1. The third-order valence-electron chi connectivity index (χ3n) is 3.37. The molecule has 0 unspecified atom stereocenters. The Hall–Kier alpha value is -2.11. The van der Waals surface area contributed by atoms with Crippen LogP contribution in [-0.2, 0) is 0 Å². The van der Waals surface area contributed by atoms with Crippen LogP contribution in [0.5, 0.6) is 5.75 Å². The second-order valence-corrected chi connectivity index (χ2v) is 5.22. The number of nitrogens with zero attached hydrogens (tertiary/aromatic N) is 1. The Morgan fingerprint density at radius 3 is 2.79 bits per heavy atom. The summed E-state index contributed by atoms with van der Waals surface area (Å²) in [5, 5.41) is 18.3. The summed E-state index contributed by atoms with van der Waals surface area (Å²) in [7, 11) is 0. The summed E-state index contributed by atoms with van der Waals surface area (Å²) in [6.07, 6.45) is 2.39. The van der Waals surface area contributed by atoms with Gasteiger partial charge in [-0.05, 0) is 31.4 Å². The Morgan fingerprint density at radius 2 is 2.26 bits per heavy atom. The quantitative estimate of drug-likeness (QED) is 0.356. The molecule has 0 atom stereocenters. The normalized spacial score (nSPS) is 15.8. The number of rotatable bonds is 6. The van der Waals surface area contributed by atoms with Gasteiger partial charge in [0.05, 0.1) is 17.4 Å². The summed E-state index contributed by atoms with van der Waals surface area (Å²) in [6, 6.07) is 4.91. The number of aryl methyl sites for hydroxylation is 1. The zero-order valence-electron chi connectivity index (χ0n) is 10.8. The molecule has 19 heavy (non-hydrogen) atoms. The van der Waals surface area contributed by atoms with Crippen molar-refractivity contribution < 1.29 is 9.66 Å². The molecule has 102 valence electrons. The van der Waals surface area contributed by atoms with E-state index in [2.05, 4.69) is 0 Å². The molecule has 1 fully saturated rings. The molecule has 6 nitrogen and oxygen atoms in total. The molecule has 1 aromatic carbocycles. The molecule has 2 rings (SSSR count). The number of amidine groups is 1. The third-order valence-corrected chi connectivity index (χ3v) is 3.37. The second kappa shape index (κ2) is 4.87. The Balaban J connectivity index is 2.08. The lowest BCUT2D eigenvalue weighted by atomic mass is 10.0. The van der Waals surface area contributed by atoms with Crippen LogP contribution >= 0.6 is 0 Å². The van der Waals surface area contributed by atoms with Crippen LogP contribution in [0.25, 0.3) is 0 Å². The zero-order chi connectivity index (χ0) is 14.0. The molecule has 3 N–H and O–H groups in total. The van der Waals surface area contributed by atoms with Crippen LogP contribution in [0.4, 0.5) is 5.69 Å². The molecule has 0 aromatic heterocycles. The molecule has 0 saturated heterocycles. The molecule has 0 amide bonds. The minimum Gasteiger partial charge on any atom is -0.486 e. The van der Waals surface area contributed by atoms with Crippen molar-refractivity contribution in [2.75, 3.05) is 6.61 Å². The molecule has 1 saturated carbocycles. The van der Waals surface area contributed by atoms with Crippen molar-refractivity contribution in [2.45, 2.75) is 26.2 Å². The Bertz CT molecular complexity index is 524. The molecule has 1 aliphatic rings. The largest absolute Gasteiger partial charge is 0.486 e. The van der Waals surface area contributed by atoms with Crippen LogP contribution in [0.1, 0.15) is 24.8 Å². The van der Waals surface area contributed by atoms with Crippen molar-refractivity contribution >= 4 is 11.5 Å². The first-order valence-electron chi connectivity index (χ1n) is 6.13. The highest BCUT2D eigenvalue weighted by molar-refractivity contribution is 5.78. The van der Waals surface area contributed by atoms with Gasteiger partial charge in [-0.2, -0.15) is 0 Å². The van der Waals surface area contributed by atoms with E-state index in [1.807, 2.05) is 0 Å². The Morgan fingerprint density at radius 1 is 1.58 bits per heavy atom. The summed E-state index contributed by atoms with van der Waals surface area (Å²) in [5.41, 5.74) is 6.12. The van der Waals surface area contributed by atoms with Crippen molar-refractivity contribution in [3.63, 3.8) is 0 Å². The number of nitro groups is 1. The predicted octanol–water partition coefficient (Wildman–Crippen LogP) is 2.39. The smallest absolute Gasteiger partial charge is 0.311 e. The minimum atomic E-state index is -0.438. The van der Waals surface area contributed by atoms with Gasteiger partial charge in [0, 0.05) is 17.9 Å². The maximum absolute atomic E-state index is 11.0. The SMILES string of the molecule is Cc1ccc(OCC2(CC(=N)N)CC2)c([N+](=O)[O-])c1. The number of hydrogen-bond donors (Lipinski definition) is 2. The van der Waals surface area contributed by atoms with E-state index >= 15 is 0 Å². The van der Waals surface area contributed by atoms with Crippen LogP contribution < -0.4 is 10.5 Å². The molecule has 0 heterocycles. The van der Waals surface area contributed by atoms with Crippen LogP contribution in [0.2, 0.25) is 0 Å². The number of nitro benzene ring substituents is 1. The van der Waals surface area contributed by atoms with E-state index in [0.717, 1.165) is 18.4 Å². The van der Waals surface area contributed by atoms with Gasteiger partial charge in [0.2, 0.25) is 0 Å². The van der Waals surface area contributed by atoms with Gasteiger partial charge >= 0.3 is 5.69 Å². The van der Waals surface area contributed by atoms with Gasteiger partial charge in [-0.25, -0.2) is 0 Å². The lowest BCUT2D eigenvalue weighted by molar-refractivity contribution is -0.386. The van der Waals surface area contributed by atoms with Crippen molar-refractivity contribution in [1.29, 1.82) is 5.41 Å². The molecule has 0 radical (unpaired) electrons. The highest BCUT2D eigenvalue weighted by Crippen LogP contribution is 2.49. The molecule has 0 spiro atoms. The van der Waals surface area contributed by atoms with E-state index in [1.54, 1.807) is 19.1 Å². The second-order valence-electron chi connectivity index (χ2n) is 5.22. The van der Waals surface area contributed by atoms with Gasteiger partial charge in [-0.15, -0.1) is 0 Å². The molecule has 6 heteroatoms. The Kier molecular flexibility index (Phi) is 3.42. The van der Waals surface area contributed by atoms with Gasteiger partial charge in [0.25, 0.3) is 0 Å². The minimum absolute atomic E-state index is 0.0152. The van der Waals surface area contributed by atoms with Gasteiger partial charge in [-0.1, -0.05) is 6.07 Å². The van der Waals surface area contributed by atoms with E-state index in [1.165, 1.54) is 6.07 Å². The van der Waals surface area contributed by atoms with Crippen molar-refractivity contribution in [3.8, 4) is 5.75 Å². The average molecular weight is 263 g/mol.